The van der Waals surface area contributed by atoms with Crippen molar-refractivity contribution in [3.8, 4) is 0 Å². The van der Waals surface area contributed by atoms with E-state index in [2.05, 4.69) is 5.32 Å². The zero-order valence-corrected chi connectivity index (χ0v) is 16.9. The summed E-state index contributed by atoms with van der Waals surface area (Å²) in [6.45, 7) is 3.81. The Morgan fingerprint density at radius 3 is 2.64 bits per heavy atom. The van der Waals surface area contributed by atoms with E-state index in [1.165, 1.54) is 0 Å². The molecule has 0 spiro atoms. The number of rotatable bonds is 4. The maximum absolute atomic E-state index is 12.1. The second-order valence-electron chi connectivity index (χ2n) is 8.24. The summed E-state index contributed by atoms with van der Waals surface area (Å²) in [5.41, 5.74) is 0. The largest absolute Gasteiger partial charge is 0.463 e. The fraction of sp³-hybridized carbons (Fsp3) is 0.947. The lowest BCUT2D eigenvalue weighted by Crippen LogP contribution is -2.58. The number of carbonyl (C=O) groups excluding carboxylic acids is 1. The van der Waals surface area contributed by atoms with Crippen LogP contribution in [0.25, 0.3) is 0 Å². The summed E-state index contributed by atoms with van der Waals surface area (Å²) in [6, 6.07) is 0.356. The van der Waals surface area contributed by atoms with Crippen LogP contribution in [0.2, 0.25) is 0 Å². The molecule has 1 heterocycles. The van der Waals surface area contributed by atoms with E-state index < -0.39 is 6.23 Å². The highest BCUT2D eigenvalue weighted by molar-refractivity contribution is 8.00. The van der Waals surface area contributed by atoms with Gasteiger partial charge >= 0.3 is 5.97 Å². The van der Waals surface area contributed by atoms with Gasteiger partial charge in [0.05, 0.1) is 12.0 Å². The topological polar surface area (TPSA) is 58.6 Å². The summed E-state index contributed by atoms with van der Waals surface area (Å²) < 4.78 is 5.36. The van der Waals surface area contributed by atoms with Gasteiger partial charge in [-0.1, -0.05) is 6.42 Å². The summed E-state index contributed by atoms with van der Waals surface area (Å²) in [7, 11) is 0. The number of thioether (sulfide) groups is 1. The quantitative estimate of drug-likeness (QED) is 0.567. The average molecular weight is 390 g/mol. The highest BCUT2D eigenvalue weighted by Crippen LogP contribution is 2.42. The molecule has 144 valence electrons. The number of fused-ring (bicyclic) bond motifs is 1. The van der Waals surface area contributed by atoms with Crippen molar-refractivity contribution in [2.24, 2.45) is 11.8 Å². The van der Waals surface area contributed by atoms with Crippen LogP contribution >= 0.6 is 23.4 Å². The number of alkyl halides is 1. The van der Waals surface area contributed by atoms with Gasteiger partial charge < -0.3 is 9.84 Å². The van der Waals surface area contributed by atoms with Gasteiger partial charge in [-0.25, -0.2) is 0 Å². The lowest BCUT2D eigenvalue weighted by molar-refractivity contribution is -0.153. The van der Waals surface area contributed by atoms with Crippen LogP contribution in [0.1, 0.15) is 65.2 Å². The van der Waals surface area contributed by atoms with E-state index in [0.29, 0.717) is 17.2 Å². The number of nitrogens with one attached hydrogen (secondary N) is 1. The molecule has 2 aliphatic carbocycles. The predicted molar refractivity (Wildman–Crippen MR) is 103 cm³/mol. The fourth-order valence-electron chi connectivity index (χ4n) is 4.55. The zero-order valence-electron chi connectivity index (χ0n) is 15.3. The molecule has 3 fully saturated rings. The molecule has 3 rings (SSSR count). The number of aliphatic hydroxyl groups excluding tert-OH is 1. The highest BCUT2D eigenvalue weighted by Gasteiger charge is 2.42. The van der Waals surface area contributed by atoms with Gasteiger partial charge in [-0.3, -0.25) is 10.1 Å². The molecule has 1 aliphatic heterocycles. The monoisotopic (exact) mass is 389 g/mol. The third-order valence-electron chi connectivity index (χ3n) is 5.91. The Hall–Kier alpha value is 0.0300. The van der Waals surface area contributed by atoms with E-state index in [0.717, 1.165) is 51.4 Å². The first-order valence-electron chi connectivity index (χ1n) is 9.88. The molecule has 3 aliphatic rings. The van der Waals surface area contributed by atoms with Gasteiger partial charge in [-0.15, -0.1) is 23.4 Å². The number of halogens is 1. The first-order valence-corrected chi connectivity index (χ1v) is 11.3. The Balaban J connectivity index is 1.47. The molecule has 25 heavy (non-hydrogen) atoms. The van der Waals surface area contributed by atoms with Crippen LogP contribution < -0.4 is 5.32 Å². The maximum atomic E-state index is 12.1. The predicted octanol–water partition coefficient (Wildman–Crippen LogP) is 3.69. The molecule has 5 unspecified atom stereocenters. The van der Waals surface area contributed by atoms with Crippen LogP contribution in [0.15, 0.2) is 0 Å². The average Bonchev–Trinajstić information content (AvgIpc) is 2.56. The zero-order chi connectivity index (χ0) is 18.0. The van der Waals surface area contributed by atoms with E-state index >= 15 is 0 Å². The minimum absolute atomic E-state index is 0.0303. The van der Waals surface area contributed by atoms with Crippen LogP contribution in [0.5, 0.6) is 0 Å². The van der Waals surface area contributed by atoms with Gasteiger partial charge in [-0.05, 0) is 64.7 Å². The minimum atomic E-state index is -0.433. The van der Waals surface area contributed by atoms with Gasteiger partial charge in [0.15, 0.2) is 0 Å². The lowest BCUT2D eigenvalue weighted by atomic mass is 9.79. The van der Waals surface area contributed by atoms with Gasteiger partial charge in [0.25, 0.3) is 0 Å². The minimum Gasteiger partial charge on any atom is -0.463 e. The molecule has 0 radical (unpaired) electrons. The SMILES string of the molecule is CC(C)OC(=O)C1CCC(CC2SC3C(Cl)CCCC3NC2O)CC1. The van der Waals surface area contributed by atoms with Gasteiger partial charge in [0.1, 0.15) is 6.23 Å². The summed E-state index contributed by atoms with van der Waals surface area (Å²) in [5, 5.41) is 14.8. The van der Waals surface area contributed by atoms with E-state index in [1.54, 1.807) is 0 Å². The smallest absolute Gasteiger partial charge is 0.309 e. The molecule has 0 aromatic heterocycles. The number of hydrogen-bond donors (Lipinski definition) is 2. The normalized spacial score (nSPS) is 42.0. The van der Waals surface area contributed by atoms with Gasteiger partial charge in [0, 0.05) is 21.9 Å². The molecule has 0 amide bonds. The third kappa shape index (κ3) is 5.06. The van der Waals surface area contributed by atoms with Crippen molar-refractivity contribution in [1.29, 1.82) is 0 Å². The first-order chi connectivity index (χ1) is 11.9. The van der Waals surface area contributed by atoms with Crippen LogP contribution in [-0.4, -0.2) is 45.3 Å². The molecule has 0 aromatic rings. The molecular weight excluding hydrogens is 358 g/mol. The number of hydrogen-bond acceptors (Lipinski definition) is 5. The molecule has 0 bridgehead atoms. The molecule has 2 saturated carbocycles. The van der Waals surface area contributed by atoms with Crippen LogP contribution in [0.3, 0.4) is 0 Å². The summed E-state index contributed by atoms with van der Waals surface area (Å²) >= 11 is 8.45. The fourth-order valence-corrected chi connectivity index (χ4v) is 6.78. The van der Waals surface area contributed by atoms with Crippen molar-refractivity contribution in [2.75, 3.05) is 0 Å². The number of ether oxygens (including phenoxy) is 1. The lowest BCUT2D eigenvalue weighted by Gasteiger charge is -2.45. The van der Waals surface area contributed by atoms with Crippen LogP contribution in [0, 0.1) is 11.8 Å². The molecule has 5 atom stereocenters. The van der Waals surface area contributed by atoms with E-state index in [1.807, 2.05) is 25.6 Å². The standard InChI is InChI=1S/C19H32ClNO3S/c1-11(2)24-19(23)13-8-6-12(7-9-13)10-16-18(22)21-15-5-3-4-14(20)17(15)25-16/h11-18,21-22H,3-10H2,1-2H3. The summed E-state index contributed by atoms with van der Waals surface area (Å²) in [5.74, 6) is 0.624. The van der Waals surface area contributed by atoms with Crippen molar-refractivity contribution < 1.29 is 14.6 Å². The molecule has 1 saturated heterocycles. The van der Waals surface area contributed by atoms with Crippen LogP contribution in [0.4, 0.5) is 0 Å². The van der Waals surface area contributed by atoms with Gasteiger partial charge in [-0.2, -0.15) is 0 Å². The van der Waals surface area contributed by atoms with E-state index in [4.69, 9.17) is 16.3 Å². The maximum Gasteiger partial charge on any atom is 0.309 e. The molecule has 6 heteroatoms. The molecule has 2 N–H and O–H groups in total. The molecule has 0 aromatic carbocycles. The van der Waals surface area contributed by atoms with Crippen molar-refractivity contribution >= 4 is 29.3 Å². The number of esters is 1. The Labute approximate surface area is 160 Å². The van der Waals surface area contributed by atoms with Crippen molar-refractivity contribution in [3.63, 3.8) is 0 Å². The number of aliphatic hydroxyl groups is 1. The first kappa shape index (κ1) is 19.8. The van der Waals surface area contributed by atoms with Crippen LogP contribution in [-0.2, 0) is 9.53 Å². The highest BCUT2D eigenvalue weighted by atomic mass is 35.5. The summed E-state index contributed by atoms with van der Waals surface area (Å²) in [4.78, 5) is 12.1. The van der Waals surface area contributed by atoms with Crippen molar-refractivity contribution in [1.82, 2.24) is 5.32 Å². The van der Waals surface area contributed by atoms with Crippen molar-refractivity contribution in [2.45, 2.75) is 99.5 Å². The summed E-state index contributed by atoms with van der Waals surface area (Å²) in [6.07, 6.45) is 7.85. The number of carbonyl (C=O) groups is 1. The Morgan fingerprint density at radius 2 is 1.96 bits per heavy atom. The van der Waals surface area contributed by atoms with E-state index in [-0.39, 0.29) is 28.6 Å². The Kier molecular flexibility index (Phi) is 6.97. The molecule has 4 nitrogen and oxygen atoms in total. The van der Waals surface area contributed by atoms with Crippen molar-refractivity contribution in [3.05, 3.63) is 0 Å². The molecular formula is C19H32ClNO3S. The second kappa shape index (κ2) is 8.81. The van der Waals surface area contributed by atoms with E-state index in [9.17, 15) is 9.90 Å². The third-order valence-corrected chi connectivity index (χ3v) is 8.32. The Morgan fingerprint density at radius 1 is 1.24 bits per heavy atom. The second-order valence-corrected chi connectivity index (χ2v) is 10.2. The Bertz CT molecular complexity index is 456. The van der Waals surface area contributed by atoms with Gasteiger partial charge in [0.2, 0.25) is 0 Å².